The number of rotatable bonds is 16. The summed E-state index contributed by atoms with van der Waals surface area (Å²) in [6, 6.07) is 4.51. The molecule has 36 heavy (non-hydrogen) atoms. The quantitative estimate of drug-likeness (QED) is 0.147. The van der Waals surface area contributed by atoms with E-state index in [9.17, 15) is 5.11 Å². The van der Waals surface area contributed by atoms with Crippen LogP contribution in [0.3, 0.4) is 0 Å². The predicted octanol–water partition coefficient (Wildman–Crippen LogP) is 10.4. The van der Waals surface area contributed by atoms with Gasteiger partial charge in [0, 0.05) is 0 Å². The van der Waals surface area contributed by atoms with Gasteiger partial charge in [0.2, 0.25) is 0 Å². The Kier molecular flexibility index (Phi) is 14.6. The van der Waals surface area contributed by atoms with Crippen molar-refractivity contribution in [2.24, 2.45) is 0 Å². The second-order valence-corrected chi connectivity index (χ2v) is 30.9. The fraction of sp³-hybridized carbons (Fsp3) is 0.750. The van der Waals surface area contributed by atoms with Crippen molar-refractivity contribution in [3.05, 3.63) is 44.1 Å². The SMILES string of the molecule is CCC[CH2][Sn]([CH2]CCC)([CH2]CCC)/[C](=C/CCO[Si](C)(C)C(C)(C)C)C(O)c1c(C)cc(C)cc1C. The molecule has 1 rings (SSSR count). The van der Waals surface area contributed by atoms with E-state index in [4.69, 9.17) is 4.43 Å². The standard InChI is InChI=1S/C20H33O2Si.3C4H9.Sn/c1-15-13-16(2)19(17(3)14-15)18(21)11-9-10-12-22-23(7,8)20(4,5)6;3*1-3-4-2;/h9,13-14,18,21H,10,12H2,1-8H3;3*1,3-4H2,2H3;. The zero-order chi connectivity index (χ0) is 27.6. The molecule has 4 heteroatoms. The molecule has 2 nitrogen and oxygen atoms in total. The van der Waals surface area contributed by atoms with Crippen LogP contribution in [0.2, 0.25) is 31.4 Å². The van der Waals surface area contributed by atoms with Crippen molar-refractivity contribution in [1.82, 2.24) is 0 Å². The van der Waals surface area contributed by atoms with Gasteiger partial charge in [-0.15, -0.1) is 0 Å². The van der Waals surface area contributed by atoms with Crippen LogP contribution in [0.15, 0.2) is 21.8 Å². The second-order valence-electron chi connectivity index (χ2n) is 12.9. The van der Waals surface area contributed by atoms with Crippen LogP contribution in [0.25, 0.3) is 0 Å². The molecule has 1 aromatic carbocycles. The molecule has 0 aromatic heterocycles. The van der Waals surface area contributed by atoms with E-state index in [2.05, 4.69) is 93.6 Å². The van der Waals surface area contributed by atoms with E-state index in [1.165, 1.54) is 77.7 Å². The first kappa shape index (κ1) is 33.9. The van der Waals surface area contributed by atoms with Crippen molar-refractivity contribution < 1.29 is 9.53 Å². The molecule has 1 atom stereocenters. The van der Waals surface area contributed by atoms with E-state index in [-0.39, 0.29) is 5.04 Å². The topological polar surface area (TPSA) is 29.5 Å². The molecular weight excluding hydrogens is 563 g/mol. The zero-order valence-corrected chi connectivity index (χ0v) is 29.8. The molecule has 1 N–H and O–H groups in total. The van der Waals surface area contributed by atoms with Crippen molar-refractivity contribution in [2.45, 2.75) is 145 Å². The third-order valence-corrected chi connectivity index (χ3v) is 29.3. The van der Waals surface area contributed by atoms with Crippen LogP contribution >= 0.6 is 0 Å². The van der Waals surface area contributed by atoms with E-state index >= 15 is 0 Å². The number of benzene rings is 1. The molecule has 0 aliphatic rings. The van der Waals surface area contributed by atoms with Crippen molar-refractivity contribution in [1.29, 1.82) is 0 Å². The Morgan fingerprint density at radius 2 is 1.36 bits per heavy atom. The van der Waals surface area contributed by atoms with Crippen molar-refractivity contribution >= 4 is 26.7 Å². The monoisotopic (exact) mass is 624 g/mol. The molecule has 0 fully saturated rings. The Labute approximate surface area is 230 Å². The summed E-state index contributed by atoms with van der Waals surface area (Å²) < 4.78 is 12.2. The van der Waals surface area contributed by atoms with Gasteiger partial charge in [-0.25, -0.2) is 0 Å². The summed E-state index contributed by atoms with van der Waals surface area (Å²) in [6.07, 6.45) is 10.6. The first-order chi connectivity index (χ1) is 16.8. The van der Waals surface area contributed by atoms with Gasteiger partial charge in [0.1, 0.15) is 0 Å². The summed E-state index contributed by atoms with van der Waals surface area (Å²) in [5.74, 6) is 0. The average Bonchev–Trinajstić information content (AvgIpc) is 2.77. The van der Waals surface area contributed by atoms with Crippen LogP contribution in [0.1, 0.15) is 115 Å². The first-order valence-electron chi connectivity index (χ1n) is 14.9. The van der Waals surface area contributed by atoms with Gasteiger partial charge in [-0.3, -0.25) is 0 Å². The summed E-state index contributed by atoms with van der Waals surface area (Å²) in [4.78, 5) is 0. The summed E-state index contributed by atoms with van der Waals surface area (Å²) in [5.41, 5.74) is 4.94. The van der Waals surface area contributed by atoms with Crippen LogP contribution in [-0.2, 0) is 4.43 Å². The second kappa shape index (κ2) is 15.5. The van der Waals surface area contributed by atoms with Gasteiger partial charge < -0.3 is 0 Å². The molecule has 208 valence electrons. The molecule has 1 aromatic rings. The number of aryl methyl sites for hydroxylation is 3. The molecule has 0 aliphatic heterocycles. The van der Waals surface area contributed by atoms with Gasteiger partial charge in [0.25, 0.3) is 0 Å². The zero-order valence-electron chi connectivity index (χ0n) is 25.9. The maximum absolute atomic E-state index is 12.2. The van der Waals surface area contributed by atoms with E-state index in [1.807, 2.05) is 0 Å². The van der Waals surface area contributed by atoms with Crippen LogP contribution in [0.5, 0.6) is 0 Å². The normalized spacial score (nSPS) is 14.4. The Bertz CT molecular complexity index is 777. The van der Waals surface area contributed by atoms with E-state index in [1.54, 1.807) is 0 Å². The van der Waals surface area contributed by atoms with Crippen LogP contribution < -0.4 is 0 Å². The number of unbranched alkanes of at least 4 members (excludes halogenated alkanes) is 3. The Morgan fingerprint density at radius 1 is 0.917 bits per heavy atom. The minimum atomic E-state index is -2.84. The van der Waals surface area contributed by atoms with E-state index in [0.717, 1.165) is 13.0 Å². The summed E-state index contributed by atoms with van der Waals surface area (Å²) in [7, 11) is -1.78. The third-order valence-electron chi connectivity index (χ3n) is 8.70. The molecule has 0 heterocycles. The minimum absolute atomic E-state index is 0.224. The molecule has 0 saturated heterocycles. The van der Waals surface area contributed by atoms with Crippen LogP contribution in [0.4, 0.5) is 0 Å². The Hall–Kier alpha value is -0.104. The molecule has 1 unspecified atom stereocenters. The van der Waals surface area contributed by atoms with Gasteiger partial charge >= 0.3 is 232 Å². The van der Waals surface area contributed by atoms with Crippen LogP contribution in [-0.4, -0.2) is 38.4 Å². The van der Waals surface area contributed by atoms with Gasteiger partial charge in [-0.2, -0.15) is 0 Å². The van der Waals surface area contributed by atoms with Gasteiger partial charge in [-0.05, 0) is 0 Å². The van der Waals surface area contributed by atoms with E-state index < -0.39 is 32.8 Å². The van der Waals surface area contributed by atoms with E-state index in [0.29, 0.717) is 0 Å². The van der Waals surface area contributed by atoms with Crippen molar-refractivity contribution in [3.8, 4) is 0 Å². The molecule has 0 saturated carbocycles. The predicted molar refractivity (Wildman–Crippen MR) is 166 cm³/mol. The summed E-state index contributed by atoms with van der Waals surface area (Å²) >= 11 is -2.84. The number of aliphatic hydroxyl groups excluding tert-OH is 1. The fourth-order valence-electron chi connectivity index (χ4n) is 5.49. The number of aliphatic hydroxyl groups is 1. The van der Waals surface area contributed by atoms with Gasteiger partial charge in [0.05, 0.1) is 0 Å². The first-order valence-corrected chi connectivity index (χ1v) is 25.3. The Morgan fingerprint density at radius 3 is 1.75 bits per heavy atom. The van der Waals surface area contributed by atoms with Gasteiger partial charge in [0.15, 0.2) is 0 Å². The van der Waals surface area contributed by atoms with Crippen LogP contribution in [0, 0.1) is 20.8 Å². The molecule has 0 aliphatic carbocycles. The van der Waals surface area contributed by atoms with Crippen molar-refractivity contribution in [2.75, 3.05) is 6.61 Å². The Balaban J connectivity index is 3.56. The number of hydrogen-bond donors (Lipinski definition) is 1. The molecule has 0 radical (unpaired) electrons. The molecule has 0 spiro atoms. The maximum atomic E-state index is 12.2. The van der Waals surface area contributed by atoms with Gasteiger partial charge in [-0.1, -0.05) is 0 Å². The molecular formula is C32H60O2SiSn. The number of hydrogen-bond acceptors (Lipinski definition) is 2. The molecule has 0 amide bonds. The summed E-state index contributed by atoms with van der Waals surface area (Å²) in [6.45, 7) is 26.0. The summed E-state index contributed by atoms with van der Waals surface area (Å²) in [5, 5.41) is 12.4. The average molecular weight is 624 g/mol. The van der Waals surface area contributed by atoms with Crippen molar-refractivity contribution in [3.63, 3.8) is 0 Å². The molecule has 0 bridgehead atoms. The fourth-order valence-corrected chi connectivity index (χ4v) is 23.7. The third kappa shape index (κ3) is 9.57.